The van der Waals surface area contributed by atoms with Crippen LogP contribution < -0.4 is 0 Å². The number of halogens is 2. The predicted octanol–water partition coefficient (Wildman–Crippen LogP) is 3.11. The van der Waals surface area contributed by atoms with E-state index >= 15 is 0 Å². The van der Waals surface area contributed by atoms with Crippen molar-refractivity contribution in [1.82, 2.24) is 0 Å². The molecular formula is C14H16I2O4. The SMILES string of the molecule is CCOC(=O)Cc1cc(I)c(CC(=O)OCC)cc1I. The molecule has 20 heavy (non-hydrogen) atoms. The van der Waals surface area contributed by atoms with E-state index in [9.17, 15) is 9.59 Å². The highest BCUT2D eigenvalue weighted by molar-refractivity contribution is 14.1. The lowest BCUT2D eigenvalue weighted by Gasteiger charge is -2.10. The van der Waals surface area contributed by atoms with Gasteiger partial charge < -0.3 is 9.47 Å². The highest BCUT2D eigenvalue weighted by atomic mass is 127. The van der Waals surface area contributed by atoms with Gasteiger partial charge in [-0.2, -0.15) is 0 Å². The quantitative estimate of drug-likeness (QED) is 0.444. The highest BCUT2D eigenvalue weighted by Crippen LogP contribution is 2.22. The molecule has 6 heteroatoms. The monoisotopic (exact) mass is 502 g/mol. The Balaban J connectivity index is 2.85. The van der Waals surface area contributed by atoms with Crippen LogP contribution in [0.25, 0.3) is 0 Å². The van der Waals surface area contributed by atoms with Gasteiger partial charge in [0.15, 0.2) is 0 Å². The molecule has 1 rings (SSSR count). The molecule has 0 fully saturated rings. The molecule has 110 valence electrons. The van der Waals surface area contributed by atoms with Crippen LogP contribution in [0.1, 0.15) is 25.0 Å². The van der Waals surface area contributed by atoms with Crippen LogP contribution in [0.4, 0.5) is 0 Å². The van der Waals surface area contributed by atoms with Crippen molar-refractivity contribution >= 4 is 57.1 Å². The van der Waals surface area contributed by atoms with E-state index in [1.165, 1.54) is 0 Å². The van der Waals surface area contributed by atoms with Crippen LogP contribution in [0.3, 0.4) is 0 Å². The average molecular weight is 502 g/mol. The minimum atomic E-state index is -0.237. The molecule has 0 amide bonds. The van der Waals surface area contributed by atoms with Gasteiger partial charge in [-0.15, -0.1) is 0 Å². The lowest BCUT2D eigenvalue weighted by Crippen LogP contribution is -2.11. The Bertz CT molecular complexity index is 454. The van der Waals surface area contributed by atoms with E-state index in [4.69, 9.17) is 9.47 Å². The Morgan fingerprint density at radius 3 is 1.55 bits per heavy atom. The van der Waals surface area contributed by atoms with E-state index in [0.717, 1.165) is 18.3 Å². The van der Waals surface area contributed by atoms with Crippen molar-refractivity contribution < 1.29 is 19.1 Å². The van der Waals surface area contributed by atoms with Crippen LogP contribution in [0, 0.1) is 7.14 Å². The topological polar surface area (TPSA) is 52.6 Å². The smallest absolute Gasteiger partial charge is 0.310 e. The summed E-state index contributed by atoms with van der Waals surface area (Å²) in [6, 6.07) is 3.85. The van der Waals surface area contributed by atoms with Crippen molar-refractivity contribution in [3.05, 3.63) is 30.4 Å². The maximum Gasteiger partial charge on any atom is 0.310 e. The summed E-state index contributed by atoms with van der Waals surface area (Å²) in [7, 11) is 0. The fourth-order valence-corrected chi connectivity index (χ4v) is 3.08. The maximum atomic E-state index is 11.5. The van der Waals surface area contributed by atoms with Crippen molar-refractivity contribution in [1.29, 1.82) is 0 Å². The first kappa shape index (κ1) is 17.7. The van der Waals surface area contributed by atoms with E-state index in [2.05, 4.69) is 45.2 Å². The van der Waals surface area contributed by atoms with Gasteiger partial charge in [0.2, 0.25) is 0 Å². The summed E-state index contributed by atoms with van der Waals surface area (Å²) in [5.74, 6) is -0.473. The average Bonchev–Trinajstić information content (AvgIpc) is 2.36. The molecule has 0 aliphatic carbocycles. The van der Waals surface area contributed by atoms with Crippen LogP contribution in [0.5, 0.6) is 0 Å². The third-order valence-corrected chi connectivity index (χ3v) is 4.50. The van der Waals surface area contributed by atoms with Gasteiger partial charge in [0.05, 0.1) is 26.1 Å². The van der Waals surface area contributed by atoms with Gasteiger partial charge in [-0.1, -0.05) is 0 Å². The molecule has 0 saturated heterocycles. The molecule has 4 nitrogen and oxygen atoms in total. The standard InChI is InChI=1S/C14H16I2O4/c1-3-19-13(17)7-9-5-12(16)10(6-11(9)15)8-14(18)20-4-2/h5-6H,3-4,7-8H2,1-2H3. The van der Waals surface area contributed by atoms with Crippen LogP contribution in [0.2, 0.25) is 0 Å². The third-order valence-electron chi connectivity index (χ3n) is 2.50. The minimum Gasteiger partial charge on any atom is -0.466 e. The van der Waals surface area contributed by atoms with Crippen molar-refractivity contribution in [2.45, 2.75) is 26.7 Å². The van der Waals surface area contributed by atoms with Crippen LogP contribution in [-0.4, -0.2) is 25.2 Å². The third kappa shape index (κ3) is 5.55. The molecule has 0 unspecified atom stereocenters. The molecule has 0 aromatic heterocycles. The van der Waals surface area contributed by atoms with Crippen molar-refractivity contribution in [3.63, 3.8) is 0 Å². The number of benzene rings is 1. The van der Waals surface area contributed by atoms with Gasteiger partial charge in [0.25, 0.3) is 0 Å². The molecule has 1 aromatic carbocycles. The summed E-state index contributed by atoms with van der Waals surface area (Å²) in [5, 5.41) is 0. The molecule has 0 aliphatic rings. The van der Waals surface area contributed by atoms with Gasteiger partial charge in [-0.25, -0.2) is 0 Å². The van der Waals surface area contributed by atoms with E-state index in [1.807, 2.05) is 12.1 Å². The second kappa shape index (κ2) is 8.81. The summed E-state index contributed by atoms with van der Waals surface area (Å²) < 4.78 is 11.8. The fourth-order valence-electron chi connectivity index (χ4n) is 1.64. The number of hydrogen-bond acceptors (Lipinski definition) is 4. The Hall–Kier alpha value is -0.380. The van der Waals surface area contributed by atoms with Gasteiger partial charge in [0, 0.05) is 7.14 Å². The summed E-state index contributed by atoms with van der Waals surface area (Å²) >= 11 is 4.34. The molecule has 0 radical (unpaired) electrons. The summed E-state index contributed by atoms with van der Waals surface area (Å²) in [6.07, 6.45) is 0.504. The Morgan fingerprint density at radius 1 is 0.900 bits per heavy atom. The van der Waals surface area contributed by atoms with Crippen molar-refractivity contribution in [2.75, 3.05) is 13.2 Å². The molecule has 0 atom stereocenters. The number of hydrogen-bond donors (Lipinski definition) is 0. The first-order valence-electron chi connectivity index (χ1n) is 6.25. The normalized spacial score (nSPS) is 10.2. The first-order chi connectivity index (χ1) is 9.47. The fraction of sp³-hybridized carbons (Fsp3) is 0.429. The Morgan fingerprint density at radius 2 is 1.25 bits per heavy atom. The summed E-state index contributed by atoms with van der Waals surface area (Å²) in [5.41, 5.74) is 1.84. The second-order valence-electron chi connectivity index (χ2n) is 4.00. The van der Waals surface area contributed by atoms with E-state index in [1.54, 1.807) is 13.8 Å². The molecule has 0 heterocycles. The molecule has 0 spiro atoms. The summed E-state index contributed by atoms with van der Waals surface area (Å²) in [6.45, 7) is 4.34. The number of carbonyl (C=O) groups excluding carboxylic acids is 2. The zero-order chi connectivity index (χ0) is 15.1. The Labute approximate surface area is 145 Å². The predicted molar refractivity (Wildman–Crippen MR) is 92.6 cm³/mol. The highest BCUT2D eigenvalue weighted by Gasteiger charge is 2.13. The zero-order valence-electron chi connectivity index (χ0n) is 11.4. The lowest BCUT2D eigenvalue weighted by molar-refractivity contribution is -0.143. The largest absolute Gasteiger partial charge is 0.466 e. The first-order valence-corrected chi connectivity index (χ1v) is 8.41. The lowest BCUT2D eigenvalue weighted by atomic mass is 10.1. The van der Waals surface area contributed by atoms with Gasteiger partial charge in [-0.3, -0.25) is 9.59 Å². The number of carbonyl (C=O) groups is 2. The van der Waals surface area contributed by atoms with Crippen LogP contribution in [0.15, 0.2) is 12.1 Å². The maximum absolute atomic E-state index is 11.5. The van der Waals surface area contributed by atoms with Crippen molar-refractivity contribution in [3.8, 4) is 0 Å². The van der Waals surface area contributed by atoms with Crippen LogP contribution in [-0.2, 0) is 31.9 Å². The molecule has 0 bridgehead atoms. The van der Waals surface area contributed by atoms with Crippen molar-refractivity contribution in [2.24, 2.45) is 0 Å². The molecule has 0 aliphatic heterocycles. The molecular weight excluding hydrogens is 486 g/mol. The minimum absolute atomic E-state index is 0.237. The summed E-state index contributed by atoms with van der Waals surface area (Å²) in [4.78, 5) is 23.0. The second-order valence-corrected chi connectivity index (χ2v) is 6.32. The zero-order valence-corrected chi connectivity index (χ0v) is 15.7. The van der Waals surface area contributed by atoms with E-state index in [0.29, 0.717) is 13.2 Å². The van der Waals surface area contributed by atoms with Gasteiger partial charge in [-0.05, 0) is 82.3 Å². The molecule has 0 saturated carbocycles. The van der Waals surface area contributed by atoms with Gasteiger partial charge in [0.1, 0.15) is 0 Å². The van der Waals surface area contributed by atoms with Gasteiger partial charge >= 0.3 is 11.9 Å². The molecule has 1 aromatic rings. The number of esters is 2. The molecule has 0 N–H and O–H groups in total. The van der Waals surface area contributed by atoms with E-state index < -0.39 is 0 Å². The van der Waals surface area contributed by atoms with E-state index in [-0.39, 0.29) is 24.8 Å². The number of rotatable bonds is 6. The number of ether oxygens (including phenoxy) is 2. The Kier molecular flexibility index (Phi) is 7.78. The van der Waals surface area contributed by atoms with Crippen LogP contribution >= 0.6 is 45.2 Å².